The van der Waals surface area contributed by atoms with Gasteiger partial charge in [-0.1, -0.05) is 18.2 Å². The summed E-state index contributed by atoms with van der Waals surface area (Å²) in [6, 6.07) is 7.06. The van der Waals surface area contributed by atoms with E-state index in [1.54, 1.807) is 24.1 Å². The molecule has 0 unspecified atom stereocenters. The standard InChI is InChI=1S/C15H22N2O3/c1-17(10-12-4-2-3-5-13(12)18)14(19)15(11-16)6-8-20-9-7-15/h2-5,18H,6-11,16H2,1H3. The molecule has 0 saturated carbocycles. The van der Waals surface area contributed by atoms with Crippen molar-refractivity contribution in [1.82, 2.24) is 4.90 Å². The van der Waals surface area contributed by atoms with Gasteiger partial charge in [0, 0.05) is 38.9 Å². The largest absolute Gasteiger partial charge is 0.508 e. The predicted octanol–water partition coefficient (Wildman–Crippen LogP) is 1.11. The molecule has 1 aromatic rings. The molecule has 1 aliphatic heterocycles. The summed E-state index contributed by atoms with van der Waals surface area (Å²) in [4.78, 5) is 14.3. The number of phenolic OH excluding ortho intramolecular Hbond substituents is 1. The lowest BCUT2D eigenvalue weighted by Crippen LogP contribution is -2.49. The molecule has 0 aromatic heterocycles. The molecule has 1 aromatic carbocycles. The number of hydrogen-bond acceptors (Lipinski definition) is 4. The lowest BCUT2D eigenvalue weighted by Gasteiger charge is -2.37. The van der Waals surface area contributed by atoms with E-state index < -0.39 is 5.41 Å². The molecular weight excluding hydrogens is 256 g/mol. The van der Waals surface area contributed by atoms with Gasteiger partial charge in [0.05, 0.1) is 5.41 Å². The van der Waals surface area contributed by atoms with Crippen molar-refractivity contribution in [3.8, 4) is 5.75 Å². The predicted molar refractivity (Wildman–Crippen MR) is 76.1 cm³/mol. The van der Waals surface area contributed by atoms with E-state index in [4.69, 9.17) is 10.5 Å². The zero-order valence-corrected chi connectivity index (χ0v) is 11.8. The number of ether oxygens (including phenoxy) is 1. The first-order valence-corrected chi connectivity index (χ1v) is 6.89. The first-order chi connectivity index (χ1) is 9.59. The fourth-order valence-corrected chi connectivity index (χ4v) is 2.64. The summed E-state index contributed by atoms with van der Waals surface area (Å²) >= 11 is 0. The molecule has 0 atom stereocenters. The van der Waals surface area contributed by atoms with Crippen LogP contribution >= 0.6 is 0 Å². The van der Waals surface area contributed by atoms with Crippen LogP contribution < -0.4 is 5.73 Å². The number of aromatic hydroxyl groups is 1. The molecular formula is C15H22N2O3. The highest BCUT2D eigenvalue weighted by Gasteiger charge is 2.40. The van der Waals surface area contributed by atoms with Crippen LogP contribution in [0.25, 0.3) is 0 Å². The van der Waals surface area contributed by atoms with E-state index in [1.807, 2.05) is 12.1 Å². The molecule has 0 spiro atoms. The van der Waals surface area contributed by atoms with Gasteiger partial charge in [0.1, 0.15) is 5.75 Å². The fourth-order valence-electron chi connectivity index (χ4n) is 2.64. The van der Waals surface area contributed by atoms with Gasteiger partial charge in [-0.2, -0.15) is 0 Å². The normalized spacial score (nSPS) is 17.7. The van der Waals surface area contributed by atoms with Gasteiger partial charge in [0.25, 0.3) is 0 Å². The van der Waals surface area contributed by atoms with E-state index >= 15 is 0 Å². The van der Waals surface area contributed by atoms with Crippen LogP contribution in [0.1, 0.15) is 18.4 Å². The van der Waals surface area contributed by atoms with Crippen LogP contribution in [-0.2, 0) is 16.1 Å². The number of carbonyl (C=O) groups is 1. The zero-order valence-electron chi connectivity index (χ0n) is 11.8. The fraction of sp³-hybridized carbons (Fsp3) is 0.533. The maximum atomic E-state index is 12.7. The Bertz CT molecular complexity index is 470. The summed E-state index contributed by atoms with van der Waals surface area (Å²) in [6.07, 6.45) is 1.32. The average Bonchev–Trinajstić information content (AvgIpc) is 2.49. The second-order valence-corrected chi connectivity index (χ2v) is 5.39. The van der Waals surface area contributed by atoms with Crippen LogP contribution in [0.3, 0.4) is 0 Å². The lowest BCUT2D eigenvalue weighted by atomic mass is 9.79. The van der Waals surface area contributed by atoms with E-state index in [9.17, 15) is 9.90 Å². The van der Waals surface area contributed by atoms with Gasteiger partial charge in [-0.05, 0) is 18.9 Å². The van der Waals surface area contributed by atoms with E-state index in [-0.39, 0.29) is 11.7 Å². The van der Waals surface area contributed by atoms with E-state index in [0.717, 1.165) is 5.56 Å². The minimum atomic E-state index is -0.516. The number of nitrogens with two attached hydrogens (primary N) is 1. The van der Waals surface area contributed by atoms with Gasteiger partial charge < -0.3 is 20.5 Å². The average molecular weight is 278 g/mol. The Balaban J connectivity index is 2.10. The number of rotatable bonds is 4. The number of hydrogen-bond donors (Lipinski definition) is 2. The molecule has 110 valence electrons. The minimum absolute atomic E-state index is 0.0338. The Morgan fingerprint density at radius 1 is 1.40 bits per heavy atom. The maximum Gasteiger partial charge on any atom is 0.230 e. The second-order valence-electron chi connectivity index (χ2n) is 5.39. The van der Waals surface area contributed by atoms with Gasteiger partial charge in [-0.15, -0.1) is 0 Å². The van der Waals surface area contributed by atoms with Crippen molar-refractivity contribution in [1.29, 1.82) is 0 Å². The third kappa shape index (κ3) is 2.94. The van der Waals surface area contributed by atoms with Crippen molar-refractivity contribution in [2.45, 2.75) is 19.4 Å². The molecule has 2 rings (SSSR count). The number of phenols is 1. The van der Waals surface area contributed by atoms with Crippen LogP contribution in [-0.4, -0.2) is 42.7 Å². The van der Waals surface area contributed by atoms with Gasteiger partial charge >= 0.3 is 0 Å². The van der Waals surface area contributed by atoms with Gasteiger partial charge in [0.2, 0.25) is 5.91 Å². The summed E-state index contributed by atoms with van der Waals surface area (Å²) in [7, 11) is 1.75. The number of amides is 1. The highest BCUT2D eigenvalue weighted by molar-refractivity contribution is 5.83. The van der Waals surface area contributed by atoms with Gasteiger partial charge in [-0.25, -0.2) is 0 Å². The smallest absolute Gasteiger partial charge is 0.230 e. The molecule has 1 amide bonds. The number of benzene rings is 1. The number of carbonyl (C=O) groups excluding carboxylic acids is 1. The molecule has 20 heavy (non-hydrogen) atoms. The molecule has 1 fully saturated rings. The summed E-state index contributed by atoms with van der Waals surface area (Å²) in [6.45, 7) is 1.87. The molecule has 3 N–H and O–H groups in total. The molecule has 0 radical (unpaired) electrons. The van der Waals surface area contributed by atoms with E-state index in [0.29, 0.717) is 39.1 Å². The second kappa shape index (κ2) is 6.24. The Kier molecular flexibility index (Phi) is 4.62. The molecule has 1 heterocycles. The number of para-hydroxylation sites is 1. The van der Waals surface area contributed by atoms with Gasteiger partial charge in [-0.3, -0.25) is 4.79 Å². The third-order valence-corrected chi connectivity index (χ3v) is 4.04. The molecule has 5 heteroatoms. The van der Waals surface area contributed by atoms with Crippen LogP contribution in [0.2, 0.25) is 0 Å². The summed E-state index contributed by atoms with van der Waals surface area (Å²) in [5.74, 6) is 0.243. The molecule has 0 bridgehead atoms. The van der Waals surface area contributed by atoms with Crippen molar-refractivity contribution in [3.05, 3.63) is 29.8 Å². The SMILES string of the molecule is CN(Cc1ccccc1O)C(=O)C1(CN)CCOCC1. The van der Waals surface area contributed by atoms with Crippen molar-refractivity contribution in [2.75, 3.05) is 26.8 Å². The first kappa shape index (κ1) is 14.8. The van der Waals surface area contributed by atoms with E-state index in [2.05, 4.69) is 0 Å². The zero-order chi connectivity index (χ0) is 14.6. The third-order valence-electron chi connectivity index (χ3n) is 4.04. The van der Waals surface area contributed by atoms with Crippen molar-refractivity contribution >= 4 is 5.91 Å². The summed E-state index contributed by atoms with van der Waals surface area (Å²) < 4.78 is 5.33. The Morgan fingerprint density at radius 3 is 2.65 bits per heavy atom. The quantitative estimate of drug-likeness (QED) is 0.865. The Hall–Kier alpha value is -1.59. The molecule has 1 aliphatic rings. The Morgan fingerprint density at radius 2 is 2.05 bits per heavy atom. The van der Waals surface area contributed by atoms with Crippen molar-refractivity contribution in [2.24, 2.45) is 11.1 Å². The Labute approximate surface area is 119 Å². The maximum absolute atomic E-state index is 12.7. The van der Waals surface area contributed by atoms with E-state index in [1.165, 1.54) is 0 Å². The molecule has 0 aliphatic carbocycles. The topological polar surface area (TPSA) is 75.8 Å². The van der Waals surface area contributed by atoms with Crippen molar-refractivity contribution < 1.29 is 14.6 Å². The van der Waals surface area contributed by atoms with Crippen LogP contribution in [0.15, 0.2) is 24.3 Å². The summed E-state index contributed by atoms with van der Waals surface area (Å²) in [5.41, 5.74) is 6.07. The first-order valence-electron chi connectivity index (χ1n) is 6.89. The highest BCUT2D eigenvalue weighted by atomic mass is 16.5. The summed E-state index contributed by atoms with van der Waals surface area (Å²) in [5, 5.41) is 9.79. The monoisotopic (exact) mass is 278 g/mol. The van der Waals surface area contributed by atoms with Gasteiger partial charge in [0.15, 0.2) is 0 Å². The molecule has 1 saturated heterocycles. The highest BCUT2D eigenvalue weighted by Crippen LogP contribution is 2.32. The van der Waals surface area contributed by atoms with Crippen LogP contribution in [0.5, 0.6) is 5.75 Å². The van der Waals surface area contributed by atoms with Crippen molar-refractivity contribution in [3.63, 3.8) is 0 Å². The number of nitrogens with zero attached hydrogens (tertiary/aromatic N) is 1. The molecule has 5 nitrogen and oxygen atoms in total. The minimum Gasteiger partial charge on any atom is -0.508 e. The lowest BCUT2D eigenvalue weighted by molar-refractivity contribution is -0.146. The van der Waals surface area contributed by atoms with Crippen LogP contribution in [0.4, 0.5) is 0 Å². The van der Waals surface area contributed by atoms with Crippen LogP contribution in [0, 0.1) is 5.41 Å².